The van der Waals surface area contributed by atoms with Gasteiger partial charge >= 0.3 is 0 Å². The number of benzene rings is 1. The first kappa shape index (κ1) is 16.6. The van der Waals surface area contributed by atoms with Crippen molar-refractivity contribution in [3.05, 3.63) is 28.8 Å². The molecule has 0 spiro atoms. The minimum Gasteiger partial charge on any atom is -0.370 e. The van der Waals surface area contributed by atoms with Gasteiger partial charge in [0.05, 0.1) is 10.7 Å². The smallest absolute Gasteiger partial charge is 0.0642 e. The van der Waals surface area contributed by atoms with Crippen LogP contribution in [-0.4, -0.2) is 19.6 Å². The van der Waals surface area contributed by atoms with Crippen LogP contribution in [0, 0.1) is 5.41 Å². The van der Waals surface area contributed by atoms with Crippen molar-refractivity contribution in [2.24, 2.45) is 5.41 Å². The van der Waals surface area contributed by atoms with Crippen LogP contribution in [0.4, 0.5) is 5.69 Å². The van der Waals surface area contributed by atoms with Gasteiger partial charge < -0.3 is 10.2 Å². The highest BCUT2D eigenvalue weighted by Crippen LogP contribution is 2.35. The topological polar surface area (TPSA) is 15.3 Å². The SMILES string of the molecule is CCNC(C)c1ccc(N2CCCC(C)(C)CC2)c(Cl)c1. The summed E-state index contributed by atoms with van der Waals surface area (Å²) < 4.78 is 0. The summed E-state index contributed by atoms with van der Waals surface area (Å²) in [7, 11) is 0. The van der Waals surface area contributed by atoms with Crippen molar-refractivity contribution in [3.63, 3.8) is 0 Å². The number of rotatable bonds is 4. The molecule has 2 rings (SSSR count). The standard InChI is InChI=1S/C18H29ClN2/c1-5-20-14(2)15-7-8-17(16(19)13-15)21-11-6-9-18(3,4)10-12-21/h7-8,13-14,20H,5-6,9-12H2,1-4H3. The minimum atomic E-state index is 0.351. The van der Waals surface area contributed by atoms with Gasteiger partial charge in [-0.15, -0.1) is 0 Å². The van der Waals surface area contributed by atoms with Gasteiger partial charge in [0.15, 0.2) is 0 Å². The lowest BCUT2D eigenvalue weighted by molar-refractivity contribution is 0.325. The molecule has 0 saturated carbocycles. The van der Waals surface area contributed by atoms with Gasteiger partial charge in [0.2, 0.25) is 0 Å². The molecule has 1 atom stereocenters. The predicted molar refractivity (Wildman–Crippen MR) is 93.4 cm³/mol. The first-order valence-corrected chi connectivity index (χ1v) is 8.58. The molecular weight excluding hydrogens is 280 g/mol. The van der Waals surface area contributed by atoms with Gasteiger partial charge in [-0.1, -0.05) is 38.4 Å². The Balaban J connectivity index is 2.13. The van der Waals surface area contributed by atoms with Gasteiger partial charge in [-0.3, -0.25) is 0 Å². The lowest BCUT2D eigenvalue weighted by atomic mass is 9.85. The number of nitrogens with one attached hydrogen (secondary N) is 1. The molecule has 1 aliphatic rings. The van der Waals surface area contributed by atoms with Gasteiger partial charge in [-0.2, -0.15) is 0 Å². The summed E-state index contributed by atoms with van der Waals surface area (Å²) in [5.74, 6) is 0. The van der Waals surface area contributed by atoms with E-state index in [0.29, 0.717) is 11.5 Å². The molecule has 0 radical (unpaired) electrons. The number of hydrogen-bond donors (Lipinski definition) is 1. The third kappa shape index (κ3) is 4.37. The van der Waals surface area contributed by atoms with E-state index >= 15 is 0 Å². The van der Waals surface area contributed by atoms with E-state index in [9.17, 15) is 0 Å². The van der Waals surface area contributed by atoms with Crippen LogP contribution in [-0.2, 0) is 0 Å². The van der Waals surface area contributed by atoms with Crippen molar-refractivity contribution in [2.45, 2.75) is 53.0 Å². The molecule has 1 fully saturated rings. The fraction of sp³-hybridized carbons (Fsp3) is 0.667. The van der Waals surface area contributed by atoms with Crippen molar-refractivity contribution in [1.82, 2.24) is 5.32 Å². The molecule has 1 aromatic carbocycles. The minimum absolute atomic E-state index is 0.351. The number of anilines is 1. The summed E-state index contributed by atoms with van der Waals surface area (Å²) in [4.78, 5) is 2.46. The molecule has 1 aromatic rings. The van der Waals surface area contributed by atoms with Gasteiger partial charge in [0, 0.05) is 19.1 Å². The lowest BCUT2D eigenvalue weighted by Crippen LogP contribution is -2.25. The second-order valence-corrected chi connectivity index (χ2v) is 7.40. The molecule has 0 amide bonds. The van der Waals surface area contributed by atoms with Gasteiger partial charge in [0.25, 0.3) is 0 Å². The maximum absolute atomic E-state index is 6.56. The van der Waals surface area contributed by atoms with E-state index in [2.05, 4.69) is 56.1 Å². The Morgan fingerprint density at radius 2 is 2.05 bits per heavy atom. The first-order valence-electron chi connectivity index (χ1n) is 8.21. The summed E-state index contributed by atoms with van der Waals surface area (Å²) in [5, 5.41) is 4.32. The van der Waals surface area contributed by atoms with Crippen LogP contribution in [0.1, 0.15) is 58.6 Å². The Labute approximate surface area is 134 Å². The monoisotopic (exact) mass is 308 g/mol. The maximum atomic E-state index is 6.56. The van der Waals surface area contributed by atoms with Crippen LogP contribution >= 0.6 is 11.6 Å². The van der Waals surface area contributed by atoms with Crippen LogP contribution in [0.2, 0.25) is 5.02 Å². The average Bonchev–Trinajstić information content (AvgIpc) is 2.60. The Morgan fingerprint density at radius 3 is 2.71 bits per heavy atom. The second-order valence-electron chi connectivity index (χ2n) is 7.00. The molecule has 1 heterocycles. The van der Waals surface area contributed by atoms with Crippen LogP contribution < -0.4 is 10.2 Å². The van der Waals surface area contributed by atoms with E-state index in [4.69, 9.17) is 11.6 Å². The second kappa shape index (κ2) is 7.02. The highest BCUT2D eigenvalue weighted by atomic mass is 35.5. The summed E-state index contributed by atoms with van der Waals surface area (Å²) in [6.45, 7) is 12.3. The number of nitrogens with zero attached hydrogens (tertiary/aromatic N) is 1. The van der Waals surface area contributed by atoms with Crippen LogP contribution in [0.5, 0.6) is 0 Å². The first-order chi connectivity index (χ1) is 9.93. The molecule has 3 heteroatoms. The van der Waals surface area contributed by atoms with Crippen LogP contribution in [0.15, 0.2) is 18.2 Å². The maximum Gasteiger partial charge on any atom is 0.0642 e. The third-order valence-corrected chi connectivity index (χ3v) is 4.97. The summed E-state index contributed by atoms with van der Waals surface area (Å²) in [6.07, 6.45) is 3.79. The largest absolute Gasteiger partial charge is 0.370 e. The quantitative estimate of drug-likeness (QED) is 0.839. The summed E-state index contributed by atoms with van der Waals surface area (Å²) in [5.41, 5.74) is 2.92. The van der Waals surface area contributed by atoms with E-state index < -0.39 is 0 Å². The number of hydrogen-bond acceptors (Lipinski definition) is 2. The molecule has 1 N–H and O–H groups in total. The normalized spacial score (nSPS) is 20.1. The fourth-order valence-corrected chi connectivity index (χ4v) is 3.45. The molecule has 1 unspecified atom stereocenters. The lowest BCUT2D eigenvalue weighted by Gasteiger charge is -2.26. The zero-order chi connectivity index (χ0) is 15.5. The molecular formula is C18H29ClN2. The molecule has 118 valence electrons. The van der Waals surface area contributed by atoms with Crippen LogP contribution in [0.25, 0.3) is 0 Å². The average molecular weight is 309 g/mol. The Hall–Kier alpha value is -0.730. The zero-order valence-corrected chi connectivity index (χ0v) is 14.6. The van der Waals surface area contributed by atoms with Crippen molar-refractivity contribution in [2.75, 3.05) is 24.5 Å². The van der Waals surface area contributed by atoms with Crippen LogP contribution in [0.3, 0.4) is 0 Å². The molecule has 2 nitrogen and oxygen atoms in total. The van der Waals surface area contributed by atoms with Gasteiger partial charge in [-0.05, 0) is 55.8 Å². The highest BCUT2D eigenvalue weighted by molar-refractivity contribution is 6.33. The summed E-state index contributed by atoms with van der Waals surface area (Å²) >= 11 is 6.56. The van der Waals surface area contributed by atoms with E-state index in [1.54, 1.807) is 0 Å². The fourth-order valence-electron chi connectivity index (χ4n) is 3.14. The molecule has 1 saturated heterocycles. The number of halogens is 1. The predicted octanol–water partition coefficient (Wildman–Crippen LogP) is 5.03. The van der Waals surface area contributed by atoms with Crippen molar-refractivity contribution in [1.29, 1.82) is 0 Å². The molecule has 0 aromatic heterocycles. The van der Waals surface area contributed by atoms with Crippen molar-refractivity contribution >= 4 is 17.3 Å². The third-order valence-electron chi connectivity index (χ3n) is 4.66. The van der Waals surface area contributed by atoms with E-state index in [0.717, 1.165) is 24.7 Å². The molecule has 0 bridgehead atoms. The van der Waals surface area contributed by atoms with E-state index in [-0.39, 0.29) is 0 Å². The van der Waals surface area contributed by atoms with Gasteiger partial charge in [0.1, 0.15) is 0 Å². The molecule has 21 heavy (non-hydrogen) atoms. The highest BCUT2D eigenvalue weighted by Gasteiger charge is 2.24. The van der Waals surface area contributed by atoms with E-state index in [1.807, 2.05) is 0 Å². The van der Waals surface area contributed by atoms with Crippen molar-refractivity contribution < 1.29 is 0 Å². The Kier molecular flexibility index (Phi) is 5.56. The van der Waals surface area contributed by atoms with Gasteiger partial charge in [-0.25, -0.2) is 0 Å². The zero-order valence-electron chi connectivity index (χ0n) is 13.9. The van der Waals surface area contributed by atoms with E-state index in [1.165, 1.54) is 30.5 Å². The Morgan fingerprint density at radius 1 is 1.29 bits per heavy atom. The molecule has 0 aliphatic carbocycles. The molecule has 1 aliphatic heterocycles. The van der Waals surface area contributed by atoms with Crippen molar-refractivity contribution in [3.8, 4) is 0 Å². The Bertz CT molecular complexity index is 470. The summed E-state index contributed by atoms with van der Waals surface area (Å²) in [6, 6.07) is 6.89.